The largest absolute Gasteiger partial charge is 0.496 e. The molecule has 0 aliphatic carbocycles. The van der Waals surface area contributed by atoms with Gasteiger partial charge in [-0.2, -0.15) is 0 Å². The van der Waals surface area contributed by atoms with Crippen LogP contribution < -0.4 is 14.2 Å². The highest BCUT2D eigenvalue weighted by molar-refractivity contribution is 6.07. The number of carbonyl (C=O) groups excluding carboxylic acids is 1. The smallest absolute Gasteiger partial charge is 0.185 e. The summed E-state index contributed by atoms with van der Waals surface area (Å²) >= 11 is 0. The Morgan fingerprint density at radius 2 is 1.67 bits per heavy atom. The zero-order valence-electron chi connectivity index (χ0n) is 16.6. The molecule has 4 nitrogen and oxygen atoms in total. The molecule has 0 aromatic heterocycles. The van der Waals surface area contributed by atoms with Gasteiger partial charge < -0.3 is 14.2 Å². The van der Waals surface area contributed by atoms with Crippen molar-refractivity contribution in [3.8, 4) is 17.2 Å². The van der Waals surface area contributed by atoms with E-state index in [1.54, 1.807) is 38.5 Å². The number of rotatable bonds is 10. The highest BCUT2D eigenvalue weighted by Gasteiger charge is 2.10. The first-order chi connectivity index (χ1) is 13.1. The number of aryl methyl sites for hydroxylation is 1. The molecule has 0 bridgehead atoms. The molecule has 0 spiro atoms. The molecule has 0 N–H and O–H groups in total. The predicted molar refractivity (Wildman–Crippen MR) is 109 cm³/mol. The third-order valence-electron chi connectivity index (χ3n) is 4.18. The fourth-order valence-electron chi connectivity index (χ4n) is 2.78. The van der Waals surface area contributed by atoms with Crippen LogP contribution in [-0.2, 0) is 6.42 Å². The summed E-state index contributed by atoms with van der Waals surface area (Å²) in [7, 11) is 3.27. The number of hydrogen-bond donors (Lipinski definition) is 0. The van der Waals surface area contributed by atoms with Crippen molar-refractivity contribution in [3.05, 3.63) is 59.2 Å². The number of carbonyl (C=O) groups is 1. The molecule has 144 valence electrons. The van der Waals surface area contributed by atoms with Gasteiger partial charge in [-0.15, -0.1) is 0 Å². The van der Waals surface area contributed by atoms with Crippen molar-refractivity contribution in [2.75, 3.05) is 20.8 Å². The summed E-state index contributed by atoms with van der Waals surface area (Å²) in [5, 5.41) is 0. The third kappa shape index (κ3) is 5.61. The van der Waals surface area contributed by atoms with Crippen molar-refractivity contribution in [2.24, 2.45) is 0 Å². The summed E-state index contributed by atoms with van der Waals surface area (Å²) in [6.45, 7) is 4.85. The Balaban J connectivity index is 2.20. The molecule has 0 aliphatic heterocycles. The lowest BCUT2D eigenvalue weighted by Gasteiger charge is -2.12. The standard InChI is InChI=1S/C23H28O4/c1-5-7-18-15-19(23(26-4)16-22(18)25-3)10-13-21(24)17-8-11-20(12-9-17)27-14-6-2/h8-13,15-16H,5-7,14H2,1-4H3. The second-order valence-corrected chi connectivity index (χ2v) is 6.23. The molecule has 2 aromatic rings. The van der Waals surface area contributed by atoms with E-state index < -0.39 is 0 Å². The lowest BCUT2D eigenvalue weighted by Crippen LogP contribution is -1.98. The lowest BCUT2D eigenvalue weighted by molar-refractivity contribution is 0.104. The van der Waals surface area contributed by atoms with Gasteiger partial charge in [0, 0.05) is 17.2 Å². The maximum absolute atomic E-state index is 12.5. The van der Waals surface area contributed by atoms with E-state index in [2.05, 4.69) is 13.8 Å². The Morgan fingerprint density at radius 3 is 2.26 bits per heavy atom. The van der Waals surface area contributed by atoms with Crippen LogP contribution in [0.3, 0.4) is 0 Å². The van der Waals surface area contributed by atoms with Crippen LogP contribution >= 0.6 is 0 Å². The van der Waals surface area contributed by atoms with Crippen molar-refractivity contribution < 1.29 is 19.0 Å². The van der Waals surface area contributed by atoms with E-state index in [4.69, 9.17) is 14.2 Å². The van der Waals surface area contributed by atoms with E-state index in [-0.39, 0.29) is 5.78 Å². The summed E-state index contributed by atoms with van der Waals surface area (Å²) in [4.78, 5) is 12.5. The van der Waals surface area contributed by atoms with Gasteiger partial charge >= 0.3 is 0 Å². The lowest BCUT2D eigenvalue weighted by atomic mass is 10.0. The van der Waals surface area contributed by atoms with E-state index in [0.29, 0.717) is 17.9 Å². The van der Waals surface area contributed by atoms with Gasteiger partial charge in [-0.1, -0.05) is 20.3 Å². The molecule has 0 fully saturated rings. The Labute approximate surface area is 161 Å². The van der Waals surface area contributed by atoms with Crippen LogP contribution in [0.2, 0.25) is 0 Å². The van der Waals surface area contributed by atoms with Gasteiger partial charge in [-0.25, -0.2) is 0 Å². The Kier molecular flexibility index (Phi) is 7.93. The highest BCUT2D eigenvalue weighted by Crippen LogP contribution is 2.31. The molecule has 0 heterocycles. The first-order valence-electron chi connectivity index (χ1n) is 9.33. The van der Waals surface area contributed by atoms with Crippen LogP contribution in [0.5, 0.6) is 17.2 Å². The van der Waals surface area contributed by atoms with E-state index in [1.165, 1.54) is 0 Å². The first kappa shape index (κ1) is 20.6. The van der Waals surface area contributed by atoms with E-state index in [9.17, 15) is 4.79 Å². The van der Waals surface area contributed by atoms with Crippen LogP contribution in [0.15, 0.2) is 42.5 Å². The monoisotopic (exact) mass is 368 g/mol. The van der Waals surface area contributed by atoms with Crippen molar-refractivity contribution in [3.63, 3.8) is 0 Å². The molecule has 0 atom stereocenters. The normalized spacial score (nSPS) is 10.8. The van der Waals surface area contributed by atoms with Crippen LogP contribution in [0.4, 0.5) is 0 Å². The van der Waals surface area contributed by atoms with Gasteiger partial charge in [0.1, 0.15) is 17.2 Å². The van der Waals surface area contributed by atoms with Gasteiger partial charge in [-0.05, 0) is 60.9 Å². The number of methoxy groups -OCH3 is 2. The molecule has 0 aliphatic rings. The Hall–Kier alpha value is -2.75. The quantitative estimate of drug-likeness (QED) is 0.419. The molecule has 0 saturated heterocycles. The average Bonchev–Trinajstić information content (AvgIpc) is 2.71. The van der Waals surface area contributed by atoms with Crippen molar-refractivity contribution in [1.82, 2.24) is 0 Å². The average molecular weight is 368 g/mol. The predicted octanol–water partition coefficient (Wildman–Crippen LogP) is 5.34. The SMILES string of the molecule is CCCOc1ccc(C(=O)C=Cc2cc(CCC)c(OC)cc2OC)cc1. The van der Waals surface area contributed by atoms with Gasteiger partial charge in [0.15, 0.2) is 5.78 Å². The van der Waals surface area contributed by atoms with Gasteiger partial charge in [0.05, 0.1) is 20.8 Å². The molecule has 0 radical (unpaired) electrons. The summed E-state index contributed by atoms with van der Waals surface area (Å²) in [5.74, 6) is 2.20. The van der Waals surface area contributed by atoms with Gasteiger partial charge in [0.2, 0.25) is 0 Å². The number of ether oxygens (including phenoxy) is 3. The molecular weight excluding hydrogens is 340 g/mol. The molecule has 0 saturated carbocycles. The highest BCUT2D eigenvalue weighted by atomic mass is 16.5. The molecule has 2 rings (SSSR count). The summed E-state index contributed by atoms with van der Waals surface area (Å²) in [6, 6.07) is 11.1. The molecular formula is C23H28O4. The third-order valence-corrected chi connectivity index (χ3v) is 4.18. The zero-order valence-corrected chi connectivity index (χ0v) is 16.6. The molecule has 0 amide bonds. The molecule has 0 unspecified atom stereocenters. The van der Waals surface area contributed by atoms with Crippen LogP contribution in [0.25, 0.3) is 6.08 Å². The second kappa shape index (κ2) is 10.4. The Bertz CT molecular complexity index is 776. The van der Waals surface area contributed by atoms with E-state index in [1.807, 2.05) is 24.3 Å². The van der Waals surface area contributed by atoms with Crippen molar-refractivity contribution in [1.29, 1.82) is 0 Å². The minimum absolute atomic E-state index is 0.0630. The summed E-state index contributed by atoms with van der Waals surface area (Å²) < 4.78 is 16.4. The number of allylic oxidation sites excluding steroid dienone is 1. The minimum Gasteiger partial charge on any atom is -0.496 e. The fraction of sp³-hybridized carbons (Fsp3) is 0.348. The first-order valence-corrected chi connectivity index (χ1v) is 9.33. The van der Waals surface area contributed by atoms with Gasteiger partial charge in [0.25, 0.3) is 0 Å². The number of ketones is 1. The van der Waals surface area contributed by atoms with Crippen LogP contribution in [0, 0.1) is 0 Å². The van der Waals surface area contributed by atoms with E-state index in [0.717, 1.165) is 41.9 Å². The minimum atomic E-state index is -0.0630. The fourth-order valence-corrected chi connectivity index (χ4v) is 2.78. The van der Waals surface area contributed by atoms with Gasteiger partial charge in [-0.3, -0.25) is 4.79 Å². The van der Waals surface area contributed by atoms with Crippen molar-refractivity contribution >= 4 is 11.9 Å². The second-order valence-electron chi connectivity index (χ2n) is 6.23. The topological polar surface area (TPSA) is 44.8 Å². The molecule has 2 aromatic carbocycles. The van der Waals surface area contributed by atoms with E-state index >= 15 is 0 Å². The maximum atomic E-state index is 12.5. The van der Waals surface area contributed by atoms with Crippen LogP contribution in [0.1, 0.15) is 48.2 Å². The van der Waals surface area contributed by atoms with Crippen molar-refractivity contribution in [2.45, 2.75) is 33.1 Å². The number of benzene rings is 2. The number of hydrogen-bond acceptors (Lipinski definition) is 4. The molecule has 4 heteroatoms. The molecule has 27 heavy (non-hydrogen) atoms. The summed E-state index contributed by atoms with van der Waals surface area (Å²) in [5.41, 5.74) is 2.58. The maximum Gasteiger partial charge on any atom is 0.185 e. The Morgan fingerprint density at radius 1 is 0.963 bits per heavy atom. The summed E-state index contributed by atoms with van der Waals surface area (Å²) in [6.07, 6.45) is 6.23. The zero-order chi connectivity index (χ0) is 19.6. The van der Waals surface area contributed by atoms with Crippen LogP contribution in [-0.4, -0.2) is 26.6 Å².